The van der Waals surface area contributed by atoms with Crippen LogP contribution < -0.4 is 4.74 Å². The lowest BCUT2D eigenvalue weighted by molar-refractivity contribution is 0.140. The van der Waals surface area contributed by atoms with Crippen molar-refractivity contribution in [2.75, 3.05) is 27.9 Å². The van der Waals surface area contributed by atoms with E-state index in [9.17, 15) is 8.42 Å². The Balaban J connectivity index is 2.52. The van der Waals surface area contributed by atoms with Crippen molar-refractivity contribution < 1.29 is 17.9 Å². The van der Waals surface area contributed by atoms with E-state index in [0.29, 0.717) is 11.4 Å². The summed E-state index contributed by atoms with van der Waals surface area (Å²) in [5, 5.41) is 0. The van der Waals surface area contributed by atoms with Crippen LogP contribution in [0.3, 0.4) is 0 Å². The molecule has 1 aromatic carbocycles. The minimum absolute atomic E-state index is 0.137. The molecule has 136 valence electrons. The lowest BCUT2D eigenvalue weighted by Crippen LogP contribution is -2.34. The van der Waals surface area contributed by atoms with E-state index >= 15 is 0 Å². The van der Waals surface area contributed by atoms with E-state index in [1.54, 1.807) is 30.5 Å². The van der Waals surface area contributed by atoms with Crippen LogP contribution in [0.1, 0.15) is 22.9 Å². The highest BCUT2D eigenvalue weighted by Gasteiger charge is 2.32. The van der Waals surface area contributed by atoms with Gasteiger partial charge in [-0.2, -0.15) is 4.31 Å². The molecule has 0 aliphatic carbocycles. The van der Waals surface area contributed by atoms with Gasteiger partial charge in [0.2, 0.25) is 10.0 Å². The van der Waals surface area contributed by atoms with Crippen molar-refractivity contribution >= 4 is 10.0 Å². The van der Waals surface area contributed by atoms with Gasteiger partial charge in [0, 0.05) is 20.4 Å². The van der Waals surface area contributed by atoms with Crippen molar-refractivity contribution in [3.8, 4) is 5.75 Å². The van der Waals surface area contributed by atoms with Crippen LogP contribution in [0.15, 0.2) is 41.4 Å². The van der Waals surface area contributed by atoms with Crippen LogP contribution >= 0.6 is 0 Å². The number of likely N-dealkylation sites (N-methyl/N-ethyl adjacent to an activating group) is 1. The number of pyridine rings is 1. The second-order valence-corrected chi connectivity index (χ2v) is 7.80. The second-order valence-electron chi connectivity index (χ2n) is 5.83. The number of aromatic nitrogens is 1. The number of rotatable bonds is 7. The van der Waals surface area contributed by atoms with Crippen LogP contribution in [0.25, 0.3) is 0 Å². The summed E-state index contributed by atoms with van der Waals surface area (Å²) in [5.74, 6) is 0.326. The fourth-order valence-corrected chi connectivity index (χ4v) is 4.09. The Hall–Kier alpha value is -1.96. The molecule has 0 aliphatic rings. The smallest absolute Gasteiger partial charge is 0.247 e. The highest BCUT2D eigenvalue weighted by molar-refractivity contribution is 7.89. The average Bonchev–Trinajstić information content (AvgIpc) is 2.61. The molecule has 1 aromatic heterocycles. The van der Waals surface area contributed by atoms with E-state index in [-0.39, 0.29) is 11.5 Å². The van der Waals surface area contributed by atoms with E-state index in [4.69, 9.17) is 9.47 Å². The van der Waals surface area contributed by atoms with Gasteiger partial charge in [-0.1, -0.05) is 6.07 Å². The normalized spacial score (nSPS) is 13.0. The Labute approximate surface area is 149 Å². The molecular weight excluding hydrogens is 340 g/mol. The predicted molar refractivity (Wildman–Crippen MR) is 96.3 cm³/mol. The summed E-state index contributed by atoms with van der Waals surface area (Å²) in [4.78, 5) is 4.42. The Bertz CT molecular complexity index is 822. The summed E-state index contributed by atoms with van der Waals surface area (Å²) in [6, 6.07) is 8.23. The van der Waals surface area contributed by atoms with Gasteiger partial charge in [0.25, 0.3) is 0 Å². The van der Waals surface area contributed by atoms with Crippen molar-refractivity contribution in [3.63, 3.8) is 0 Å². The first kappa shape index (κ1) is 19.4. The Morgan fingerprint density at radius 2 is 1.84 bits per heavy atom. The SMILES string of the molecule is COCC(c1ccccn1)N(C)S(=O)(=O)c1cc(C)c(C)cc1OC. The van der Waals surface area contributed by atoms with E-state index in [0.717, 1.165) is 11.1 Å². The van der Waals surface area contributed by atoms with Crippen molar-refractivity contribution in [3.05, 3.63) is 53.3 Å². The van der Waals surface area contributed by atoms with E-state index in [1.807, 2.05) is 19.9 Å². The largest absolute Gasteiger partial charge is 0.495 e. The molecule has 25 heavy (non-hydrogen) atoms. The van der Waals surface area contributed by atoms with Gasteiger partial charge in [0.15, 0.2) is 0 Å². The number of sulfonamides is 1. The predicted octanol–water partition coefficient (Wildman–Crippen LogP) is 2.72. The van der Waals surface area contributed by atoms with Crippen molar-refractivity contribution in [2.24, 2.45) is 0 Å². The lowest BCUT2D eigenvalue weighted by atomic mass is 10.1. The molecule has 0 N–H and O–H groups in total. The summed E-state index contributed by atoms with van der Waals surface area (Å²) in [5.41, 5.74) is 2.48. The van der Waals surface area contributed by atoms with Crippen molar-refractivity contribution in [1.82, 2.24) is 9.29 Å². The van der Waals surface area contributed by atoms with Gasteiger partial charge in [-0.15, -0.1) is 0 Å². The number of aryl methyl sites for hydroxylation is 2. The van der Waals surface area contributed by atoms with E-state index in [1.165, 1.54) is 25.6 Å². The summed E-state index contributed by atoms with van der Waals surface area (Å²) < 4.78 is 38.3. The number of hydrogen-bond donors (Lipinski definition) is 0. The standard InChI is InChI=1S/C18H24N2O4S/c1-13-10-17(24-5)18(11-14(13)2)25(21,22)20(3)16(12-23-4)15-8-6-7-9-19-15/h6-11,16H,12H2,1-5H3. The third-order valence-corrected chi connectivity index (χ3v) is 6.12. The van der Waals surface area contributed by atoms with Crippen LogP contribution in [0, 0.1) is 13.8 Å². The first-order valence-corrected chi connectivity index (χ1v) is 9.30. The van der Waals surface area contributed by atoms with Gasteiger partial charge in [-0.3, -0.25) is 4.98 Å². The number of benzene rings is 1. The highest BCUT2D eigenvalue weighted by atomic mass is 32.2. The van der Waals surface area contributed by atoms with Crippen LogP contribution in [-0.4, -0.2) is 45.6 Å². The summed E-state index contributed by atoms with van der Waals surface area (Å²) in [7, 11) is 0.729. The number of nitrogens with zero attached hydrogens (tertiary/aromatic N) is 2. The molecule has 7 heteroatoms. The maximum absolute atomic E-state index is 13.2. The number of ether oxygens (including phenoxy) is 2. The minimum Gasteiger partial charge on any atom is -0.495 e. The molecule has 2 rings (SSSR count). The topological polar surface area (TPSA) is 68.7 Å². The van der Waals surface area contributed by atoms with Crippen molar-refractivity contribution in [2.45, 2.75) is 24.8 Å². The maximum Gasteiger partial charge on any atom is 0.247 e. The molecule has 2 aromatic rings. The molecule has 0 saturated heterocycles. The first-order valence-electron chi connectivity index (χ1n) is 7.86. The van der Waals surface area contributed by atoms with Crippen molar-refractivity contribution in [1.29, 1.82) is 0 Å². The monoisotopic (exact) mass is 364 g/mol. The van der Waals surface area contributed by atoms with Gasteiger partial charge in [0.05, 0.1) is 25.5 Å². The molecular formula is C18H24N2O4S. The molecule has 0 aliphatic heterocycles. The summed E-state index contributed by atoms with van der Waals surface area (Å²) in [6.45, 7) is 3.98. The van der Waals surface area contributed by atoms with Crippen LogP contribution in [0.5, 0.6) is 5.75 Å². The lowest BCUT2D eigenvalue weighted by Gasteiger charge is -2.27. The van der Waals surface area contributed by atoms with Crippen LogP contribution in [0.4, 0.5) is 0 Å². The van der Waals surface area contributed by atoms with Gasteiger partial charge >= 0.3 is 0 Å². The third kappa shape index (κ3) is 4.00. The van der Waals surface area contributed by atoms with Gasteiger partial charge in [-0.05, 0) is 49.2 Å². The summed E-state index contributed by atoms with van der Waals surface area (Å²) >= 11 is 0. The fourth-order valence-electron chi connectivity index (χ4n) is 2.55. The zero-order valence-electron chi connectivity index (χ0n) is 15.2. The van der Waals surface area contributed by atoms with E-state index < -0.39 is 16.1 Å². The fraction of sp³-hybridized carbons (Fsp3) is 0.389. The minimum atomic E-state index is -3.80. The zero-order chi connectivity index (χ0) is 18.6. The third-order valence-electron chi connectivity index (χ3n) is 4.23. The van der Waals surface area contributed by atoms with Gasteiger partial charge in [0.1, 0.15) is 10.6 Å². The molecule has 0 amide bonds. The van der Waals surface area contributed by atoms with Crippen LogP contribution in [0.2, 0.25) is 0 Å². The molecule has 0 bridgehead atoms. The zero-order valence-corrected chi connectivity index (χ0v) is 16.0. The molecule has 1 unspecified atom stereocenters. The second kappa shape index (κ2) is 7.95. The molecule has 0 fully saturated rings. The van der Waals surface area contributed by atoms with E-state index in [2.05, 4.69) is 4.98 Å². The molecule has 0 radical (unpaired) electrons. The highest BCUT2D eigenvalue weighted by Crippen LogP contribution is 2.32. The maximum atomic E-state index is 13.2. The summed E-state index contributed by atoms with van der Waals surface area (Å²) in [6.07, 6.45) is 1.63. The number of hydrogen-bond acceptors (Lipinski definition) is 5. The number of methoxy groups -OCH3 is 2. The quantitative estimate of drug-likeness (QED) is 0.756. The Morgan fingerprint density at radius 3 is 2.40 bits per heavy atom. The average molecular weight is 364 g/mol. The molecule has 0 spiro atoms. The Morgan fingerprint density at radius 1 is 1.16 bits per heavy atom. The molecule has 6 nitrogen and oxygen atoms in total. The molecule has 0 saturated carbocycles. The van der Waals surface area contributed by atoms with Gasteiger partial charge in [-0.25, -0.2) is 8.42 Å². The Kier molecular flexibility index (Phi) is 6.16. The molecule has 1 atom stereocenters. The first-order chi connectivity index (χ1) is 11.8. The van der Waals surface area contributed by atoms with Gasteiger partial charge < -0.3 is 9.47 Å². The van der Waals surface area contributed by atoms with Crippen LogP contribution in [-0.2, 0) is 14.8 Å². The molecule has 1 heterocycles.